The Hall–Kier alpha value is -1.89. The van der Waals surface area contributed by atoms with Crippen LogP contribution in [0, 0.1) is 5.92 Å². The van der Waals surface area contributed by atoms with Gasteiger partial charge in [0.2, 0.25) is 10.0 Å². The molecule has 0 amide bonds. The van der Waals surface area contributed by atoms with E-state index in [-0.39, 0.29) is 16.9 Å². The van der Waals surface area contributed by atoms with Gasteiger partial charge in [-0.05, 0) is 67.0 Å². The molecule has 0 radical (unpaired) electrons. The first kappa shape index (κ1) is 20.8. The number of carbonyl (C=O) groups excluding carboxylic acids is 1. The molecule has 3 rings (SSSR count). The first-order valence-electron chi connectivity index (χ1n) is 9.32. The van der Waals surface area contributed by atoms with Crippen molar-refractivity contribution >= 4 is 27.6 Å². The molecule has 0 aliphatic heterocycles. The fraction of sp³-hybridized carbons (Fsp3) is 0.381. The van der Waals surface area contributed by atoms with E-state index in [1.165, 1.54) is 19.2 Å². The van der Waals surface area contributed by atoms with E-state index in [4.69, 9.17) is 11.6 Å². The van der Waals surface area contributed by atoms with Crippen molar-refractivity contribution in [2.75, 3.05) is 7.11 Å². The van der Waals surface area contributed by atoms with Gasteiger partial charge < -0.3 is 4.74 Å². The predicted octanol–water partition coefficient (Wildman–Crippen LogP) is 4.27. The number of methoxy groups -OCH3 is 1. The Morgan fingerprint density at radius 3 is 2.36 bits per heavy atom. The van der Waals surface area contributed by atoms with Gasteiger partial charge in [-0.1, -0.05) is 35.9 Å². The van der Waals surface area contributed by atoms with Crippen LogP contribution in [0.25, 0.3) is 0 Å². The van der Waals surface area contributed by atoms with E-state index in [0.29, 0.717) is 17.4 Å². The number of halogens is 1. The van der Waals surface area contributed by atoms with Crippen molar-refractivity contribution in [1.82, 2.24) is 4.72 Å². The molecule has 2 aromatic carbocycles. The number of sulfonamides is 1. The molecular formula is C21H24ClNO4S. The van der Waals surface area contributed by atoms with Gasteiger partial charge in [0.1, 0.15) is 0 Å². The summed E-state index contributed by atoms with van der Waals surface area (Å²) in [5.74, 6) is 0.106. The monoisotopic (exact) mass is 421 g/mol. The highest BCUT2D eigenvalue weighted by atomic mass is 35.5. The summed E-state index contributed by atoms with van der Waals surface area (Å²) in [6.45, 7) is 0. The lowest BCUT2D eigenvalue weighted by Crippen LogP contribution is -2.30. The van der Waals surface area contributed by atoms with Gasteiger partial charge in [0, 0.05) is 17.5 Å². The Kier molecular flexibility index (Phi) is 6.75. The molecule has 0 bridgehead atoms. The zero-order valence-electron chi connectivity index (χ0n) is 15.7. The van der Waals surface area contributed by atoms with Crippen LogP contribution in [-0.4, -0.2) is 21.5 Å². The summed E-state index contributed by atoms with van der Waals surface area (Å²) in [4.78, 5) is 11.4. The molecule has 0 aromatic heterocycles. The van der Waals surface area contributed by atoms with Crippen LogP contribution in [0.5, 0.6) is 0 Å². The van der Waals surface area contributed by atoms with Crippen molar-refractivity contribution < 1.29 is 17.9 Å². The minimum absolute atomic E-state index is 0.206. The number of benzene rings is 2. The molecule has 1 saturated carbocycles. The van der Waals surface area contributed by atoms with Crippen LogP contribution in [0.2, 0.25) is 5.02 Å². The lowest BCUT2D eigenvalue weighted by atomic mass is 10.00. The second-order valence-electron chi connectivity index (χ2n) is 7.06. The first-order valence-corrected chi connectivity index (χ1v) is 11.2. The quantitative estimate of drug-likeness (QED) is 0.614. The van der Waals surface area contributed by atoms with E-state index in [9.17, 15) is 13.2 Å². The predicted molar refractivity (Wildman–Crippen MR) is 109 cm³/mol. The number of nitrogens with one attached hydrogen (secondary N) is 1. The van der Waals surface area contributed by atoms with Crippen LogP contribution in [0.1, 0.15) is 42.9 Å². The fourth-order valence-electron chi connectivity index (χ4n) is 3.15. The van der Waals surface area contributed by atoms with Crippen LogP contribution in [0.4, 0.5) is 0 Å². The molecule has 7 heteroatoms. The highest BCUT2D eigenvalue weighted by Crippen LogP contribution is 2.41. The maximum Gasteiger partial charge on any atom is 0.305 e. The van der Waals surface area contributed by atoms with Gasteiger partial charge in [0.15, 0.2) is 0 Å². The number of hydrogen-bond donors (Lipinski definition) is 1. The molecule has 1 aliphatic carbocycles. The Bertz CT molecular complexity index is 906. The minimum atomic E-state index is -3.63. The van der Waals surface area contributed by atoms with Crippen molar-refractivity contribution in [2.45, 2.75) is 43.0 Å². The molecule has 1 N–H and O–H groups in total. The van der Waals surface area contributed by atoms with Gasteiger partial charge in [-0.2, -0.15) is 0 Å². The van der Waals surface area contributed by atoms with Crippen LogP contribution in [0.15, 0.2) is 53.4 Å². The normalized spacial score (nSPS) is 15.2. The standard InChI is InChI=1S/C21H24ClNO4S/c1-27-20(24)4-2-3-15-5-7-16(8-6-15)21(17-9-10-17)23-28(25,26)19-13-11-18(22)12-14-19/h5-8,11-14,17,21,23H,2-4,9-10H2,1H3. The second kappa shape index (κ2) is 9.07. The Morgan fingerprint density at radius 2 is 1.79 bits per heavy atom. The summed E-state index contributed by atoms with van der Waals surface area (Å²) < 4.78 is 33.0. The molecule has 150 valence electrons. The molecule has 1 fully saturated rings. The van der Waals surface area contributed by atoms with Crippen molar-refractivity contribution in [3.8, 4) is 0 Å². The summed E-state index contributed by atoms with van der Waals surface area (Å²) in [6.07, 6.45) is 3.91. The van der Waals surface area contributed by atoms with E-state index in [1.54, 1.807) is 12.1 Å². The lowest BCUT2D eigenvalue weighted by Gasteiger charge is -2.19. The second-order valence-corrected chi connectivity index (χ2v) is 9.21. The zero-order chi connectivity index (χ0) is 20.1. The number of aryl methyl sites for hydroxylation is 1. The van der Waals surface area contributed by atoms with Crippen molar-refractivity contribution in [3.63, 3.8) is 0 Å². The Balaban J connectivity index is 1.69. The molecule has 1 aliphatic rings. The molecule has 1 unspecified atom stereocenters. The maximum absolute atomic E-state index is 12.8. The minimum Gasteiger partial charge on any atom is -0.469 e. The molecule has 1 atom stereocenters. The molecule has 5 nitrogen and oxygen atoms in total. The smallest absolute Gasteiger partial charge is 0.305 e. The van der Waals surface area contributed by atoms with Gasteiger partial charge in [0.25, 0.3) is 0 Å². The number of esters is 1. The third-order valence-corrected chi connectivity index (χ3v) is 6.62. The average molecular weight is 422 g/mol. The highest BCUT2D eigenvalue weighted by Gasteiger charge is 2.35. The lowest BCUT2D eigenvalue weighted by molar-refractivity contribution is -0.140. The van der Waals surface area contributed by atoms with Gasteiger partial charge in [0.05, 0.1) is 12.0 Å². The molecule has 0 spiro atoms. The summed E-state index contributed by atoms with van der Waals surface area (Å²) in [5, 5.41) is 0.500. The fourth-order valence-corrected chi connectivity index (χ4v) is 4.56. The molecule has 2 aromatic rings. The van der Waals surface area contributed by atoms with Crippen LogP contribution >= 0.6 is 11.6 Å². The SMILES string of the molecule is COC(=O)CCCc1ccc(C(NS(=O)(=O)c2ccc(Cl)cc2)C2CC2)cc1. The third kappa shape index (κ3) is 5.56. The van der Waals surface area contributed by atoms with E-state index < -0.39 is 10.0 Å². The number of ether oxygens (including phenoxy) is 1. The molecule has 0 heterocycles. The van der Waals surface area contributed by atoms with Crippen LogP contribution < -0.4 is 4.72 Å². The maximum atomic E-state index is 12.8. The Labute approximate surface area is 171 Å². The van der Waals surface area contributed by atoms with E-state index >= 15 is 0 Å². The topological polar surface area (TPSA) is 72.5 Å². The Morgan fingerprint density at radius 1 is 1.14 bits per heavy atom. The largest absolute Gasteiger partial charge is 0.469 e. The summed E-state index contributed by atoms with van der Waals surface area (Å²) >= 11 is 5.86. The van der Waals surface area contributed by atoms with E-state index in [2.05, 4.69) is 9.46 Å². The molecule has 0 saturated heterocycles. The molecular weight excluding hydrogens is 398 g/mol. The number of rotatable bonds is 9. The summed E-state index contributed by atoms with van der Waals surface area (Å²) in [7, 11) is -2.24. The van der Waals surface area contributed by atoms with E-state index in [0.717, 1.165) is 36.8 Å². The highest BCUT2D eigenvalue weighted by molar-refractivity contribution is 7.89. The number of carbonyl (C=O) groups is 1. The number of hydrogen-bond acceptors (Lipinski definition) is 4. The van der Waals surface area contributed by atoms with E-state index in [1.807, 2.05) is 24.3 Å². The molecule has 28 heavy (non-hydrogen) atoms. The van der Waals surface area contributed by atoms with Gasteiger partial charge in [-0.25, -0.2) is 13.1 Å². The van der Waals surface area contributed by atoms with Crippen molar-refractivity contribution in [3.05, 3.63) is 64.7 Å². The summed E-state index contributed by atoms with van der Waals surface area (Å²) in [5.41, 5.74) is 2.07. The third-order valence-electron chi connectivity index (χ3n) is 4.91. The zero-order valence-corrected chi connectivity index (χ0v) is 17.3. The summed E-state index contributed by atoms with van der Waals surface area (Å²) in [6, 6.07) is 13.9. The van der Waals surface area contributed by atoms with Gasteiger partial charge >= 0.3 is 5.97 Å². The van der Waals surface area contributed by atoms with Crippen molar-refractivity contribution in [2.24, 2.45) is 5.92 Å². The average Bonchev–Trinajstić information content (AvgIpc) is 3.52. The van der Waals surface area contributed by atoms with Gasteiger partial charge in [-0.3, -0.25) is 4.79 Å². The first-order chi connectivity index (χ1) is 13.4. The van der Waals surface area contributed by atoms with Gasteiger partial charge in [-0.15, -0.1) is 0 Å². The van der Waals surface area contributed by atoms with Crippen molar-refractivity contribution in [1.29, 1.82) is 0 Å². The van der Waals surface area contributed by atoms with Crippen LogP contribution in [0.3, 0.4) is 0 Å². The van der Waals surface area contributed by atoms with Crippen LogP contribution in [-0.2, 0) is 26.0 Å².